The second kappa shape index (κ2) is 8.00. The van der Waals surface area contributed by atoms with Gasteiger partial charge >= 0.3 is 11.9 Å². The molecule has 0 spiro atoms. The first kappa shape index (κ1) is 17.3. The largest absolute Gasteiger partial charge is 0.480 e. The summed E-state index contributed by atoms with van der Waals surface area (Å²) in [7, 11) is 1.26. The Morgan fingerprint density at radius 1 is 1.30 bits per heavy atom. The van der Waals surface area contributed by atoms with Crippen LogP contribution < -0.4 is 10.9 Å². The molecular weight excluding hydrogens is 318 g/mol. The molecule has 0 aliphatic carbocycles. The van der Waals surface area contributed by atoms with E-state index in [2.05, 4.69) is 33.2 Å². The monoisotopic (exact) mass is 337 g/mol. The predicted molar refractivity (Wildman–Crippen MR) is 89.4 cm³/mol. The molecule has 4 N–H and O–H groups in total. The summed E-state index contributed by atoms with van der Waals surface area (Å²) in [4.78, 5) is 26.1. The molecule has 0 aliphatic rings. The van der Waals surface area contributed by atoms with Crippen molar-refractivity contribution in [2.45, 2.75) is 18.5 Å². The summed E-state index contributed by atoms with van der Waals surface area (Å²) in [6, 6.07) is 6.03. The number of esters is 1. The van der Waals surface area contributed by atoms with Crippen LogP contribution >= 0.6 is 12.6 Å². The molecule has 0 aliphatic heterocycles. The fraction of sp³-hybridized carbons (Fsp3) is 0.333. The number of aliphatic carboxylic acids is 1. The van der Waals surface area contributed by atoms with Crippen molar-refractivity contribution in [3.8, 4) is 0 Å². The van der Waals surface area contributed by atoms with Crippen LogP contribution in [0.15, 0.2) is 30.5 Å². The zero-order valence-electron chi connectivity index (χ0n) is 12.6. The van der Waals surface area contributed by atoms with E-state index in [1.54, 1.807) is 6.20 Å². The summed E-state index contributed by atoms with van der Waals surface area (Å²) >= 11 is 4.04. The highest BCUT2D eigenvalue weighted by molar-refractivity contribution is 7.80. The number of ether oxygens (including phenoxy) is 1. The summed E-state index contributed by atoms with van der Waals surface area (Å²) in [5.74, 6) is -1.35. The van der Waals surface area contributed by atoms with Gasteiger partial charge in [-0.25, -0.2) is 10.9 Å². The summed E-state index contributed by atoms with van der Waals surface area (Å²) in [5.41, 5.74) is 7.17. The highest BCUT2D eigenvalue weighted by Gasteiger charge is 2.23. The Balaban J connectivity index is 2.07. The third-order valence-electron chi connectivity index (χ3n) is 3.50. The van der Waals surface area contributed by atoms with E-state index < -0.39 is 24.0 Å². The number of fused-ring (bicyclic) bond motifs is 1. The van der Waals surface area contributed by atoms with Crippen LogP contribution in [0.25, 0.3) is 10.9 Å². The van der Waals surface area contributed by atoms with Crippen LogP contribution in [0.4, 0.5) is 0 Å². The Bertz CT molecular complexity index is 688. The van der Waals surface area contributed by atoms with Gasteiger partial charge in [0, 0.05) is 29.3 Å². The zero-order chi connectivity index (χ0) is 16.8. The number of carboxylic acid groups (broad SMARTS) is 1. The van der Waals surface area contributed by atoms with Gasteiger partial charge in [-0.3, -0.25) is 9.59 Å². The van der Waals surface area contributed by atoms with Crippen molar-refractivity contribution >= 4 is 35.5 Å². The molecule has 23 heavy (non-hydrogen) atoms. The molecule has 0 saturated carbocycles. The Labute approximate surface area is 138 Å². The number of hydrogen-bond acceptors (Lipinski definition) is 6. The number of aromatic nitrogens is 1. The molecule has 0 fully saturated rings. The van der Waals surface area contributed by atoms with Gasteiger partial charge in [0.05, 0.1) is 7.11 Å². The molecule has 2 aromatic rings. The lowest BCUT2D eigenvalue weighted by Crippen LogP contribution is -2.54. The number of carbonyl (C=O) groups excluding carboxylic acids is 1. The lowest BCUT2D eigenvalue weighted by molar-refractivity contribution is -0.144. The molecule has 0 saturated heterocycles. The Morgan fingerprint density at radius 2 is 2.00 bits per heavy atom. The summed E-state index contributed by atoms with van der Waals surface area (Å²) < 4.78 is 4.62. The van der Waals surface area contributed by atoms with Gasteiger partial charge in [-0.2, -0.15) is 12.6 Å². The first-order chi connectivity index (χ1) is 11.1. The summed E-state index contributed by atoms with van der Waals surface area (Å²) in [5, 5.41) is 10.3. The molecular formula is C15H19N3O4S. The average molecular weight is 337 g/mol. The van der Waals surface area contributed by atoms with Crippen molar-refractivity contribution in [3.05, 3.63) is 36.0 Å². The number of H-pyrrole nitrogens is 1. The topological polar surface area (TPSA) is 103 Å². The predicted octanol–water partition coefficient (Wildman–Crippen LogP) is 0.729. The number of para-hydroxylation sites is 1. The van der Waals surface area contributed by atoms with Crippen LogP contribution in [0, 0.1) is 0 Å². The first-order valence-corrected chi connectivity index (χ1v) is 7.67. The molecule has 2 atom stereocenters. The smallest absolute Gasteiger partial charge is 0.325 e. The van der Waals surface area contributed by atoms with E-state index in [4.69, 9.17) is 0 Å². The van der Waals surface area contributed by atoms with Gasteiger partial charge in [-0.15, -0.1) is 0 Å². The normalized spacial score (nSPS) is 13.7. The maximum Gasteiger partial charge on any atom is 0.325 e. The molecule has 8 heteroatoms. The lowest BCUT2D eigenvalue weighted by atomic mass is 10.1. The second-order valence-corrected chi connectivity index (χ2v) is 5.37. The maximum absolute atomic E-state index is 11.5. The van der Waals surface area contributed by atoms with Crippen LogP contribution in [0.5, 0.6) is 0 Å². The molecule has 0 radical (unpaired) electrons. The van der Waals surface area contributed by atoms with Crippen LogP contribution in [0.1, 0.15) is 5.56 Å². The van der Waals surface area contributed by atoms with Crippen molar-refractivity contribution in [1.82, 2.24) is 15.8 Å². The minimum absolute atomic E-state index is 0.180. The van der Waals surface area contributed by atoms with Gasteiger partial charge in [0.1, 0.15) is 12.1 Å². The number of carboxylic acids is 1. The van der Waals surface area contributed by atoms with E-state index in [9.17, 15) is 14.7 Å². The number of aromatic amines is 1. The third kappa shape index (κ3) is 4.25. The lowest BCUT2D eigenvalue weighted by Gasteiger charge is -2.19. The maximum atomic E-state index is 11.5. The van der Waals surface area contributed by atoms with Crippen LogP contribution in [0.2, 0.25) is 0 Å². The molecule has 2 rings (SSSR count). The van der Waals surface area contributed by atoms with Gasteiger partial charge in [0.15, 0.2) is 0 Å². The average Bonchev–Trinajstić information content (AvgIpc) is 2.96. The number of hydrogen-bond donors (Lipinski definition) is 5. The van der Waals surface area contributed by atoms with E-state index in [1.165, 1.54) is 7.11 Å². The summed E-state index contributed by atoms with van der Waals surface area (Å²) in [6.45, 7) is 0. The van der Waals surface area contributed by atoms with Crippen molar-refractivity contribution in [1.29, 1.82) is 0 Å². The number of thiol groups is 1. The quantitative estimate of drug-likeness (QED) is 0.276. The molecule has 1 aromatic carbocycles. The standard InChI is InChI=1S/C15H19N3O4S/c1-22-15(21)13(8-23)18-17-12(14(19)20)6-9-7-16-11-5-3-2-4-10(9)11/h2-5,7,12-13,16-18,23H,6,8H2,1H3,(H,19,20)/t12-,13-/m0/s1. The third-order valence-corrected chi connectivity index (χ3v) is 3.86. The molecule has 124 valence electrons. The van der Waals surface area contributed by atoms with E-state index in [0.29, 0.717) is 0 Å². The fourth-order valence-corrected chi connectivity index (χ4v) is 2.48. The van der Waals surface area contributed by atoms with Crippen LogP contribution in [-0.4, -0.2) is 47.0 Å². The van der Waals surface area contributed by atoms with Crippen molar-refractivity contribution in [2.24, 2.45) is 0 Å². The van der Waals surface area contributed by atoms with Gasteiger partial charge in [0.25, 0.3) is 0 Å². The minimum atomic E-state index is -1.02. The number of nitrogens with one attached hydrogen (secondary N) is 3. The van der Waals surface area contributed by atoms with Gasteiger partial charge in [-0.05, 0) is 11.6 Å². The zero-order valence-corrected chi connectivity index (χ0v) is 13.5. The number of benzene rings is 1. The van der Waals surface area contributed by atoms with E-state index in [0.717, 1.165) is 16.5 Å². The minimum Gasteiger partial charge on any atom is -0.480 e. The van der Waals surface area contributed by atoms with Gasteiger partial charge < -0.3 is 14.8 Å². The van der Waals surface area contributed by atoms with Crippen molar-refractivity contribution < 1.29 is 19.4 Å². The molecule has 0 bridgehead atoms. The SMILES string of the molecule is COC(=O)[C@H](CS)NN[C@@H](Cc1c[nH]c2ccccc12)C(=O)O. The van der Waals surface area contributed by atoms with Gasteiger partial charge in [0.2, 0.25) is 0 Å². The fourth-order valence-electron chi connectivity index (χ4n) is 2.24. The van der Waals surface area contributed by atoms with E-state index >= 15 is 0 Å². The van der Waals surface area contributed by atoms with E-state index in [1.807, 2.05) is 24.3 Å². The van der Waals surface area contributed by atoms with Crippen molar-refractivity contribution in [3.63, 3.8) is 0 Å². The Kier molecular flexibility index (Phi) is 6.03. The molecule has 1 heterocycles. The second-order valence-electron chi connectivity index (χ2n) is 5.00. The Hall–Kier alpha value is -2.03. The molecule has 7 nitrogen and oxygen atoms in total. The van der Waals surface area contributed by atoms with Crippen LogP contribution in [-0.2, 0) is 20.7 Å². The summed E-state index contributed by atoms with van der Waals surface area (Å²) in [6.07, 6.45) is 2.05. The first-order valence-electron chi connectivity index (χ1n) is 7.04. The molecule has 0 amide bonds. The van der Waals surface area contributed by atoms with Crippen molar-refractivity contribution in [2.75, 3.05) is 12.9 Å². The number of hydrazine groups is 1. The van der Waals surface area contributed by atoms with Crippen LogP contribution in [0.3, 0.4) is 0 Å². The van der Waals surface area contributed by atoms with E-state index in [-0.39, 0.29) is 12.2 Å². The highest BCUT2D eigenvalue weighted by Crippen LogP contribution is 2.19. The Morgan fingerprint density at radius 3 is 2.65 bits per heavy atom. The number of carbonyl (C=O) groups is 2. The molecule has 0 unspecified atom stereocenters. The van der Waals surface area contributed by atoms with Gasteiger partial charge in [-0.1, -0.05) is 18.2 Å². The number of methoxy groups -OCH3 is 1. The molecule has 1 aromatic heterocycles. The number of rotatable bonds is 8. The highest BCUT2D eigenvalue weighted by atomic mass is 32.1.